The summed E-state index contributed by atoms with van der Waals surface area (Å²) >= 11 is 0. The molecule has 0 aliphatic heterocycles. The Balaban J connectivity index is 1.18. The van der Waals surface area contributed by atoms with Crippen molar-refractivity contribution in [3.05, 3.63) is 126 Å². The molecule has 1 amide bonds. The molecule has 6 aromatic rings. The molecule has 0 saturated carbocycles. The number of nitrogen functional groups attached to an aromatic ring is 1. The molecule has 0 atom stereocenters. The van der Waals surface area contributed by atoms with Crippen molar-refractivity contribution < 1.29 is 35.8 Å². The van der Waals surface area contributed by atoms with Gasteiger partial charge in [0.15, 0.2) is 5.75 Å². The van der Waals surface area contributed by atoms with E-state index in [-0.39, 0.29) is 22.4 Å². The summed E-state index contributed by atoms with van der Waals surface area (Å²) in [6.45, 7) is 3.66. The van der Waals surface area contributed by atoms with E-state index in [2.05, 4.69) is 36.0 Å². The number of phenolic OH excluding ortho intramolecular Hbond substituents is 1. The van der Waals surface area contributed by atoms with Crippen molar-refractivity contribution in [1.29, 1.82) is 0 Å². The van der Waals surface area contributed by atoms with Crippen molar-refractivity contribution >= 4 is 82.4 Å². The van der Waals surface area contributed by atoms with E-state index in [1.165, 1.54) is 30.3 Å². The average molecular weight is 779 g/mol. The minimum atomic E-state index is -4.91. The van der Waals surface area contributed by atoms with Crippen LogP contribution in [-0.4, -0.2) is 37.0 Å². The van der Waals surface area contributed by atoms with Crippen LogP contribution in [0, 0.1) is 13.8 Å². The van der Waals surface area contributed by atoms with Gasteiger partial charge < -0.3 is 16.2 Å². The lowest BCUT2D eigenvalue weighted by Crippen LogP contribution is -2.11. The van der Waals surface area contributed by atoms with E-state index in [4.69, 9.17) is 10.3 Å². The molecule has 0 aliphatic rings. The fourth-order valence-electron chi connectivity index (χ4n) is 5.21. The summed E-state index contributed by atoms with van der Waals surface area (Å²) in [4.78, 5) is 11.4. The number of nitrogens with zero attached hydrogens (tertiary/aromatic N) is 6. The van der Waals surface area contributed by atoms with Crippen LogP contribution in [0.2, 0.25) is 0 Å². The van der Waals surface area contributed by atoms with Crippen molar-refractivity contribution in [3.63, 3.8) is 0 Å². The lowest BCUT2D eigenvalue weighted by atomic mass is 10.1. The highest BCUT2D eigenvalue weighted by Gasteiger charge is 2.22. The number of carbonyl (C=O) groups is 1. The first-order chi connectivity index (χ1) is 26.0. The highest BCUT2D eigenvalue weighted by molar-refractivity contribution is 7.86. The minimum Gasteiger partial charge on any atom is -0.505 e. The molecule has 0 aliphatic carbocycles. The molecule has 0 radical (unpaired) electrons. The lowest BCUT2D eigenvalue weighted by molar-refractivity contribution is 0.102. The molecule has 0 aromatic heterocycles. The van der Waals surface area contributed by atoms with Crippen molar-refractivity contribution in [1.82, 2.24) is 0 Å². The molecule has 0 fully saturated rings. The van der Waals surface area contributed by atoms with Gasteiger partial charge in [0.25, 0.3) is 26.1 Å². The number of aryl methyl sites for hydroxylation is 2. The summed E-state index contributed by atoms with van der Waals surface area (Å²) in [6.07, 6.45) is 0. The van der Waals surface area contributed by atoms with Crippen LogP contribution in [0.1, 0.15) is 21.5 Å². The lowest BCUT2D eigenvalue weighted by Gasteiger charge is -2.09. The van der Waals surface area contributed by atoms with E-state index >= 15 is 0 Å². The van der Waals surface area contributed by atoms with E-state index in [1.54, 1.807) is 60.7 Å². The summed E-state index contributed by atoms with van der Waals surface area (Å²) < 4.78 is 66.3. The van der Waals surface area contributed by atoms with Crippen molar-refractivity contribution in [2.45, 2.75) is 23.6 Å². The van der Waals surface area contributed by atoms with Crippen molar-refractivity contribution in [2.24, 2.45) is 30.7 Å². The molecule has 6 rings (SSSR count). The molecule has 6 N–H and O–H groups in total. The van der Waals surface area contributed by atoms with E-state index in [0.29, 0.717) is 39.7 Å². The maximum atomic E-state index is 12.6. The average Bonchev–Trinajstić information content (AvgIpc) is 3.13. The SMILES string of the molecule is Cc1cc(N=Nc2ccc(NC(=O)c3ccc(N)cc3)cc2C)ccc1N=Nc1ccc2c(O)c(N=Nc3ccc(S(=O)(=O)O)cc3)c(S(=O)(=O)O)cc2c1. The highest BCUT2D eigenvalue weighted by Crippen LogP contribution is 2.42. The standard InChI is InChI=1S/C37H30N8O8S2/c1-21-17-27(39-37(47)23-3-5-25(38)6-4-23)10-15-32(21)43-41-28-11-16-33(22(2)18-28)44-42-29-9-14-31-24(19-29)20-34(55(51,52)53)35(36(31)46)45-40-26-7-12-30(13-8-26)54(48,49)50/h3-20,46H,38H2,1-2H3,(H,39,47)(H,48,49,50)(H,51,52,53). The van der Waals surface area contributed by atoms with Gasteiger partial charge in [-0.25, -0.2) is 0 Å². The summed E-state index contributed by atoms with van der Waals surface area (Å²) in [7, 11) is -9.36. The van der Waals surface area contributed by atoms with Gasteiger partial charge in [0, 0.05) is 22.3 Å². The van der Waals surface area contributed by atoms with E-state index in [9.17, 15) is 31.3 Å². The number of azo groups is 3. The number of benzene rings is 6. The largest absolute Gasteiger partial charge is 0.505 e. The third-order valence-corrected chi connectivity index (χ3v) is 9.80. The van der Waals surface area contributed by atoms with Gasteiger partial charge in [0.05, 0.1) is 33.3 Å². The Morgan fingerprint density at radius 2 is 1.18 bits per heavy atom. The number of carbonyl (C=O) groups excluding carboxylic acids is 1. The second-order valence-electron chi connectivity index (χ2n) is 12.1. The van der Waals surface area contributed by atoms with Gasteiger partial charge in [-0.3, -0.25) is 13.9 Å². The fourth-order valence-corrected chi connectivity index (χ4v) is 6.35. The summed E-state index contributed by atoms with van der Waals surface area (Å²) in [5.74, 6) is -0.866. The summed E-state index contributed by atoms with van der Waals surface area (Å²) in [6, 6.07) is 27.1. The number of hydrogen-bond donors (Lipinski definition) is 5. The molecular formula is C37H30N8O8S2. The first-order valence-electron chi connectivity index (χ1n) is 16.0. The molecule has 0 bridgehead atoms. The van der Waals surface area contributed by atoms with E-state index < -0.39 is 41.5 Å². The highest BCUT2D eigenvalue weighted by atomic mass is 32.2. The van der Waals surface area contributed by atoms with Gasteiger partial charge >= 0.3 is 0 Å². The van der Waals surface area contributed by atoms with Crippen LogP contribution in [0.3, 0.4) is 0 Å². The van der Waals surface area contributed by atoms with Gasteiger partial charge in [0.1, 0.15) is 10.6 Å². The van der Waals surface area contributed by atoms with Crippen LogP contribution in [0.4, 0.5) is 45.5 Å². The second kappa shape index (κ2) is 15.3. The third kappa shape index (κ3) is 9.08. The van der Waals surface area contributed by atoms with Gasteiger partial charge in [0.2, 0.25) is 0 Å². The Morgan fingerprint density at radius 1 is 0.618 bits per heavy atom. The normalized spacial score (nSPS) is 12.3. The predicted octanol–water partition coefficient (Wildman–Crippen LogP) is 9.74. The Morgan fingerprint density at radius 3 is 1.78 bits per heavy atom. The maximum absolute atomic E-state index is 12.6. The van der Waals surface area contributed by atoms with Crippen LogP contribution < -0.4 is 11.1 Å². The van der Waals surface area contributed by atoms with Gasteiger partial charge in [-0.2, -0.15) is 42.4 Å². The van der Waals surface area contributed by atoms with Gasteiger partial charge in [-0.15, -0.1) is 5.11 Å². The number of hydrogen-bond acceptors (Lipinski definition) is 13. The summed E-state index contributed by atoms with van der Waals surface area (Å²) in [5.41, 5.74) is 10.3. The first kappa shape index (κ1) is 38.0. The zero-order valence-corrected chi connectivity index (χ0v) is 30.5. The zero-order chi connectivity index (χ0) is 39.5. The Hall–Kier alpha value is -6.73. The smallest absolute Gasteiger partial charge is 0.296 e. The van der Waals surface area contributed by atoms with Gasteiger partial charge in [-0.05, 0) is 140 Å². The molecule has 0 spiro atoms. The topological polar surface area (TPSA) is 258 Å². The van der Waals surface area contributed by atoms with Crippen LogP contribution in [0.5, 0.6) is 5.75 Å². The molecule has 0 heterocycles. The summed E-state index contributed by atoms with van der Waals surface area (Å²) in [5, 5.41) is 39.1. The number of aromatic hydroxyl groups is 1. The van der Waals surface area contributed by atoms with E-state index in [1.807, 2.05) is 13.8 Å². The number of phenols is 1. The first-order valence-corrected chi connectivity index (χ1v) is 18.9. The van der Waals surface area contributed by atoms with Crippen molar-refractivity contribution in [3.8, 4) is 5.75 Å². The number of rotatable bonds is 10. The second-order valence-corrected chi connectivity index (χ2v) is 14.9. The zero-order valence-electron chi connectivity index (χ0n) is 28.9. The number of nitrogens with one attached hydrogen (secondary N) is 1. The third-order valence-electron chi connectivity index (χ3n) is 8.07. The minimum absolute atomic E-state index is 0.0650. The fraction of sp³-hybridized carbons (Fsp3) is 0.0541. The molecule has 18 heteroatoms. The van der Waals surface area contributed by atoms with Crippen molar-refractivity contribution in [2.75, 3.05) is 11.1 Å². The molecule has 16 nitrogen and oxygen atoms in total. The van der Waals surface area contributed by atoms with Crippen LogP contribution in [0.25, 0.3) is 10.8 Å². The molecule has 6 aromatic carbocycles. The molecule has 278 valence electrons. The van der Waals surface area contributed by atoms with Crippen LogP contribution >= 0.6 is 0 Å². The predicted molar refractivity (Wildman–Crippen MR) is 205 cm³/mol. The molecule has 55 heavy (non-hydrogen) atoms. The van der Waals surface area contributed by atoms with Crippen LogP contribution in [0.15, 0.2) is 150 Å². The van der Waals surface area contributed by atoms with Gasteiger partial charge in [-0.1, -0.05) is 0 Å². The number of fused-ring (bicyclic) bond motifs is 1. The quantitative estimate of drug-likeness (QED) is 0.0503. The molecule has 0 saturated heterocycles. The Kier molecular flexibility index (Phi) is 10.6. The Labute approximate surface area is 314 Å². The number of amides is 1. The molecular weight excluding hydrogens is 749 g/mol. The number of anilines is 2. The monoisotopic (exact) mass is 778 g/mol. The maximum Gasteiger partial charge on any atom is 0.296 e. The van der Waals surface area contributed by atoms with Crippen LogP contribution in [-0.2, 0) is 20.2 Å². The Bertz CT molecular complexity index is 2790. The van der Waals surface area contributed by atoms with E-state index in [0.717, 1.165) is 29.3 Å². The molecule has 0 unspecified atom stereocenters. The number of nitrogens with two attached hydrogens (primary N) is 1.